The minimum Gasteiger partial charge on any atom is -0.463 e. The molecule has 7 nitrogen and oxygen atoms in total. The number of aliphatic hydroxyl groups is 1. The van der Waals surface area contributed by atoms with Crippen molar-refractivity contribution in [3.05, 3.63) is 39.7 Å². The predicted molar refractivity (Wildman–Crippen MR) is 142 cm³/mol. The van der Waals surface area contributed by atoms with E-state index in [1.165, 1.54) is 23.5 Å². The number of rotatable bonds is 9. The third-order valence-corrected chi connectivity index (χ3v) is 6.76. The summed E-state index contributed by atoms with van der Waals surface area (Å²) in [5, 5.41) is 20.9. The highest BCUT2D eigenvalue weighted by molar-refractivity contribution is 14.0. The zero-order valence-electron chi connectivity index (χ0n) is 19.7. The molecule has 1 saturated heterocycles. The topological polar surface area (TPSA) is 85.9 Å². The van der Waals surface area contributed by atoms with Crippen molar-refractivity contribution in [1.82, 2.24) is 20.5 Å². The van der Waals surface area contributed by atoms with Gasteiger partial charge in [-0.2, -0.15) is 0 Å². The molecule has 2 aromatic heterocycles. The Labute approximate surface area is 213 Å². The van der Waals surface area contributed by atoms with E-state index in [0.717, 1.165) is 50.9 Å². The zero-order valence-corrected chi connectivity index (χ0v) is 22.8. The number of halogens is 1. The molecule has 2 aromatic rings. The molecule has 1 atom stereocenters. The van der Waals surface area contributed by atoms with Gasteiger partial charge in [0.15, 0.2) is 5.96 Å². The van der Waals surface area contributed by atoms with Gasteiger partial charge in [0.25, 0.3) is 0 Å². The number of aliphatic imine (C=N–C) groups is 1. The summed E-state index contributed by atoms with van der Waals surface area (Å²) in [5.41, 5.74) is 0.0775. The number of likely N-dealkylation sites (tertiary alicyclic amines) is 1. The standard InChI is InChI=1S/C23H37N5O2S.HI/c1-5-21-27-19(15-31-21)14-28-11-9-18(10-12-28)13-25-22(24-6-2)26-16-23(4,29)20-8-7-17(3)30-20;/h7-8,15,18,29H,5-6,9-14,16H2,1-4H3,(H2,24,25,26);1H. The van der Waals surface area contributed by atoms with E-state index in [1.807, 2.05) is 26.0 Å². The number of hydrogen-bond acceptors (Lipinski definition) is 6. The Morgan fingerprint density at radius 2 is 2.06 bits per heavy atom. The summed E-state index contributed by atoms with van der Waals surface area (Å²) < 4.78 is 5.59. The Balaban J connectivity index is 0.00000363. The van der Waals surface area contributed by atoms with Gasteiger partial charge < -0.3 is 20.2 Å². The van der Waals surface area contributed by atoms with Crippen LogP contribution in [0.15, 0.2) is 26.9 Å². The highest BCUT2D eigenvalue weighted by Crippen LogP contribution is 2.23. The predicted octanol–water partition coefficient (Wildman–Crippen LogP) is 3.90. The molecule has 1 aliphatic heterocycles. The van der Waals surface area contributed by atoms with Crippen LogP contribution in [0.5, 0.6) is 0 Å². The van der Waals surface area contributed by atoms with Crippen LogP contribution in [0, 0.1) is 12.8 Å². The molecule has 3 N–H and O–H groups in total. The van der Waals surface area contributed by atoms with E-state index in [2.05, 4.69) is 32.8 Å². The van der Waals surface area contributed by atoms with Crippen molar-refractivity contribution >= 4 is 41.3 Å². The minimum atomic E-state index is -1.13. The van der Waals surface area contributed by atoms with Gasteiger partial charge >= 0.3 is 0 Å². The first-order valence-corrected chi connectivity index (χ1v) is 12.2. The largest absolute Gasteiger partial charge is 0.463 e. The normalized spacial score (nSPS) is 17.6. The maximum Gasteiger partial charge on any atom is 0.191 e. The number of guanidine groups is 1. The SMILES string of the molecule is CCNC(=NCC(C)(O)c1ccc(C)o1)NCC1CCN(Cc2csc(CC)n2)CC1.I. The molecule has 3 rings (SSSR count). The van der Waals surface area contributed by atoms with Gasteiger partial charge in [0.2, 0.25) is 0 Å². The summed E-state index contributed by atoms with van der Waals surface area (Å²) in [4.78, 5) is 11.8. The highest BCUT2D eigenvalue weighted by Gasteiger charge is 2.27. The average Bonchev–Trinajstić information content (AvgIpc) is 3.40. The molecule has 3 heterocycles. The van der Waals surface area contributed by atoms with Crippen LogP contribution in [0.4, 0.5) is 0 Å². The van der Waals surface area contributed by atoms with Crippen molar-refractivity contribution in [2.75, 3.05) is 32.7 Å². The lowest BCUT2D eigenvalue weighted by Crippen LogP contribution is -2.43. The molecule has 1 unspecified atom stereocenters. The summed E-state index contributed by atoms with van der Waals surface area (Å²) in [6.45, 7) is 12.9. The molecule has 0 radical (unpaired) electrons. The molecule has 180 valence electrons. The van der Waals surface area contributed by atoms with E-state index in [9.17, 15) is 5.11 Å². The third-order valence-electron chi connectivity index (χ3n) is 5.71. The van der Waals surface area contributed by atoms with Gasteiger partial charge in [0, 0.05) is 25.0 Å². The lowest BCUT2D eigenvalue weighted by Gasteiger charge is -2.31. The molecular weight excluding hydrogens is 537 g/mol. The van der Waals surface area contributed by atoms with Crippen LogP contribution in [0.2, 0.25) is 0 Å². The van der Waals surface area contributed by atoms with Crippen LogP contribution in [0.25, 0.3) is 0 Å². The molecule has 0 aromatic carbocycles. The van der Waals surface area contributed by atoms with Crippen LogP contribution >= 0.6 is 35.3 Å². The van der Waals surface area contributed by atoms with E-state index >= 15 is 0 Å². The quantitative estimate of drug-likeness (QED) is 0.239. The molecule has 9 heteroatoms. The Morgan fingerprint density at radius 3 is 2.66 bits per heavy atom. The van der Waals surface area contributed by atoms with Crippen molar-refractivity contribution in [2.45, 2.75) is 59.1 Å². The number of furan rings is 1. The molecule has 0 amide bonds. The number of nitrogens with zero attached hydrogens (tertiary/aromatic N) is 3. The summed E-state index contributed by atoms with van der Waals surface area (Å²) in [7, 11) is 0. The molecule has 1 fully saturated rings. The van der Waals surface area contributed by atoms with Crippen LogP contribution in [-0.2, 0) is 18.6 Å². The van der Waals surface area contributed by atoms with Gasteiger partial charge in [-0.25, -0.2) is 9.98 Å². The fraction of sp³-hybridized carbons (Fsp3) is 0.652. The Bertz CT molecular complexity index is 843. The van der Waals surface area contributed by atoms with Crippen LogP contribution in [0.3, 0.4) is 0 Å². The number of hydrogen-bond donors (Lipinski definition) is 3. The maximum absolute atomic E-state index is 10.7. The van der Waals surface area contributed by atoms with E-state index in [-0.39, 0.29) is 30.5 Å². The average molecular weight is 576 g/mol. The molecule has 0 bridgehead atoms. The first-order chi connectivity index (χ1) is 14.9. The first kappa shape index (κ1) is 27.1. The second-order valence-electron chi connectivity index (χ2n) is 8.57. The highest BCUT2D eigenvalue weighted by atomic mass is 127. The molecular formula is C23H38IN5O2S. The summed E-state index contributed by atoms with van der Waals surface area (Å²) >= 11 is 1.77. The van der Waals surface area contributed by atoms with Crippen LogP contribution in [0.1, 0.15) is 55.8 Å². The van der Waals surface area contributed by atoms with Gasteiger partial charge in [-0.05, 0) is 71.2 Å². The lowest BCUT2D eigenvalue weighted by atomic mass is 9.97. The van der Waals surface area contributed by atoms with Crippen LogP contribution in [-0.4, -0.2) is 53.7 Å². The minimum absolute atomic E-state index is 0. The Kier molecular flexibility index (Phi) is 10.9. The Morgan fingerprint density at radius 1 is 1.31 bits per heavy atom. The van der Waals surface area contributed by atoms with Crippen LogP contribution < -0.4 is 10.6 Å². The van der Waals surface area contributed by atoms with E-state index in [1.54, 1.807) is 18.3 Å². The second-order valence-corrected chi connectivity index (χ2v) is 9.51. The van der Waals surface area contributed by atoms with Crippen molar-refractivity contribution in [3.63, 3.8) is 0 Å². The number of aromatic nitrogens is 1. The smallest absolute Gasteiger partial charge is 0.191 e. The number of piperidine rings is 1. The summed E-state index contributed by atoms with van der Waals surface area (Å²) in [6.07, 6.45) is 3.35. The van der Waals surface area contributed by atoms with E-state index in [0.29, 0.717) is 11.7 Å². The monoisotopic (exact) mass is 575 g/mol. The van der Waals surface area contributed by atoms with Gasteiger partial charge in [-0.1, -0.05) is 6.92 Å². The first-order valence-electron chi connectivity index (χ1n) is 11.4. The second kappa shape index (κ2) is 12.9. The number of aryl methyl sites for hydroxylation is 2. The maximum atomic E-state index is 10.7. The molecule has 1 aliphatic rings. The van der Waals surface area contributed by atoms with Gasteiger partial charge in [0.1, 0.15) is 17.1 Å². The van der Waals surface area contributed by atoms with Gasteiger partial charge in [-0.3, -0.25) is 4.90 Å². The van der Waals surface area contributed by atoms with E-state index < -0.39 is 5.60 Å². The van der Waals surface area contributed by atoms with E-state index in [4.69, 9.17) is 9.40 Å². The summed E-state index contributed by atoms with van der Waals surface area (Å²) in [5.74, 6) is 2.69. The third kappa shape index (κ3) is 8.00. The lowest BCUT2D eigenvalue weighted by molar-refractivity contribution is 0.0428. The molecule has 0 saturated carbocycles. The molecule has 32 heavy (non-hydrogen) atoms. The number of nitrogens with one attached hydrogen (secondary N) is 2. The Hall–Kier alpha value is -1.17. The molecule has 0 aliphatic carbocycles. The zero-order chi connectivity index (χ0) is 22.3. The van der Waals surface area contributed by atoms with Gasteiger partial charge in [0.05, 0.1) is 17.2 Å². The van der Waals surface area contributed by atoms with Crippen molar-refractivity contribution in [3.8, 4) is 0 Å². The fourth-order valence-electron chi connectivity index (χ4n) is 3.78. The van der Waals surface area contributed by atoms with Crippen molar-refractivity contribution in [1.29, 1.82) is 0 Å². The van der Waals surface area contributed by atoms with Gasteiger partial charge in [-0.15, -0.1) is 35.3 Å². The fourth-order valence-corrected chi connectivity index (χ4v) is 4.52. The van der Waals surface area contributed by atoms with Crippen molar-refractivity contribution in [2.24, 2.45) is 10.9 Å². The van der Waals surface area contributed by atoms with Crippen molar-refractivity contribution < 1.29 is 9.52 Å². The summed E-state index contributed by atoms with van der Waals surface area (Å²) in [6, 6.07) is 3.67. The molecule has 0 spiro atoms. The number of thiazole rings is 1.